The van der Waals surface area contributed by atoms with E-state index in [1.54, 1.807) is 31.2 Å². The van der Waals surface area contributed by atoms with E-state index in [4.69, 9.17) is 13.9 Å². The Hall–Kier alpha value is -4.25. The second kappa shape index (κ2) is 11.1. The van der Waals surface area contributed by atoms with Gasteiger partial charge in [0, 0.05) is 38.4 Å². The molecule has 1 aromatic heterocycles. The molecule has 0 bridgehead atoms. The Bertz CT molecular complexity index is 1560. The molecule has 5 rings (SSSR count). The summed E-state index contributed by atoms with van der Waals surface area (Å²) in [6.45, 7) is 4.17. The SMILES string of the molecule is CCOc1ccccc1Oc1c(C(F)(F)F)oc2c(CN3CCN(c4ccc(F)cc4)CC3)c(O)ccc2c1=O. The van der Waals surface area contributed by atoms with Crippen LogP contribution in [0.3, 0.4) is 0 Å². The van der Waals surface area contributed by atoms with Crippen LogP contribution in [0.4, 0.5) is 23.2 Å². The van der Waals surface area contributed by atoms with Gasteiger partial charge in [-0.3, -0.25) is 9.69 Å². The number of piperazine rings is 1. The number of aromatic hydroxyl groups is 1. The molecule has 2 heterocycles. The van der Waals surface area contributed by atoms with Gasteiger partial charge >= 0.3 is 6.18 Å². The van der Waals surface area contributed by atoms with Gasteiger partial charge in [0.05, 0.1) is 17.6 Å². The summed E-state index contributed by atoms with van der Waals surface area (Å²) in [6, 6.07) is 14.7. The third-order valence-electron chi connectivity index (χ3n) is 6.66. The maximum atomic E-state index is 14.2. The van der Waals surface area contributed by atoms with Crippen LogP contribution in [0.15, 0.2) is 69.9 Å². The summed E-state index contributed by atoms with van der Waals surface area (Å²) in [5.41, 5.74) is -0.462. The third-order valence-corrected chi connectivity index (χ3v) is 6.66. The number of anilines is 1. The highest BCUT2D eigenvalue weighted by atomic mass is 19.4. The lowest BCUT2D eigenvalue weighted by atomic mass is 10.1. The molecule has 1 fully saturated rings. The number of para-hydroxylation sites is 2. The minimum Gasteiger partial charge on any atom is -0.507 e. The summed E-state index contributed by atoms with van der Waals surface area (Å²) in [7, 11) is 0. The molecule has 0 amide bonds. The molecule has 1 saturated heterocycles. The van der Waals surface area contributed by atoms with Crippen LogP contribution >= 0.6 is 0 Å². The molecule has 3 aromatic carbocycles. The highest BCUT2D eigenvalue weighted by Crippen LogP contribution is 2.41. The van der Waals surface area contributed by atoms with Crippen molar-refractivity contribution in [3.63, 3.8) is 0 Å². The van der Waals surface area contributed by atoms with E-state index >= 15 is 0 Å². The van der Waals surface area contributed by atoms with Crippen molar-refractivity contribution >= 4 is 16.7 Å². The number of phenols is 1. The fourth-order valence-corrected chi connectivity index (χ4v) is 4.68. The van der Waals surface area contributed by atoms with Crippen molar-refractivity contribution in [2.75, 3.05) is 37.7 Å². The van der Waals surface area contributed by atoms with Crippen LogP contribution in [-0.2, 0) is 12.7 Å². The molecule has 0 atom stereocenters. The molecule has 1 N–H and O–H groups in total. The quantitative estimate of drug-likeness (QED) is 0.272. The molecule has 40 heavy (non-hydrogen) atoms. The maximum absolute atomic E-state index is 14.2. The van der Waals surface area contributed by atoms with E-state index in [0.717, 1.165) is 5.69 Å². The molecule has 1 aliphatic heterocycles. The first-order valence-corrected chi connectivity index (χ1v) is 12.7. The summed E-state index contributed by atoms with van der Waals surface area (Å²) in [5.74, 6) is -3.15. The van der Waals surface area contributed by atoms with Crippen LogP contribution in [0.5, 0.6) is 23.0 Å². The lowest BCUT2D eigenvalue weighted by Crippen LogP contribution is -2.46. The van der Waals surface area contributed by atoms with E-state index in [1.807, 2.05) is 4.90 Å². The molecule has 4 aromatic rings. The Labute approximate surface area is 226 Å². The van der Waals surface area contributed by atoms with Gasteiger partial charge in [-0.05, 0) is 55.5 Å². The number of benzene rings is 3. The Morgan fingerprint density at radius 1 is 0.950 bits per heavy atom. The van der Waals surface area contributed by atoms with E-state index in [2.05, 4.69) is 4.90 Å². The Kier molecular flexibility index (Phi) is 7.57. The van der Waals surface area contributed by atoms with Gasteiger partial charge in [0.1, 0.15) is 17.1 Å². The van der Waals surface area contributed by atoms with Gasteiger partial charge in [0.15, 0.2) is 11.5 Å². The van der Waals surface area contributed by atoms with Gasteiger partial charge in [0.2, 0.25) is 11.2 Å². The highest BCUT2D eigenvalue weighted by Gasteiger charge is 2.41. The van der Waals surface area contributed by atoms with E-state index in [-0.39, 0.29) is 52.8 Å². The predicted octanol–water partition coefficient (Wildman–Crippen LogP) is 6.17. The first-order chi connectivity index (χ1) is 19.2. The maximum Gasteiger partial charge on any atom is 0.453 e. The highest BCUT2D eigenvalue weighted by molar-refractivity contribution is 5.83. The van der Waals surface area contributed by atoms with E-state index in [9.17, 15) is 27.5 Å². The number of rotatable bonds is 7. The first kappa shape index (κ1) is 27.3. The molecule has 0 aliphatic carbocycles. The van der Waals surface area contributed by atoms with Crippen LogP contribution in [-0.4, -0.2) is 42.8 Å². The summed E-state index contributed by atoms with van der Waals surface area (Å²) in [6.07, 6.45) is -5.06. The number of hydrogen-bond donors (Lipinski definition) is 1. The van der Waals surface area contributed by atoms with Crippen molar-refractivity contribution in [3.05, 3.63) is 88.0 Å². The summed E-state index contributed by atoms with van der Waals surface area (Å²) >= 11 is 0. The van der Waals surface area contributed by atoms with Crippen LogP contribution in [0.25, 0.3) is 11.0 Å². The Morgan fingerprint density at radius 3 is 2.27 bits per heavy atom. The molecule has 210 valence electrons. The van der Waals surface area contributed by atoms with Gasteiger partial charge in [-0.2, -0.15) is 13.2 Å². The standard InChI is InChI=1S/C29H26F4N2O5/c1-2-38-23-5-3-4-6-24(23)39-27-25(37)20-11-12-22(36)21(26(20)40-28(27)29(31,32)33)17-34-13-15-35(16-14-34)19-9-7-18(30)8-10-19/h3-12,36H,2,13-17H2,1H3. The minimum atomic E-state index is -5.06. The average molecular weight is 559 g/mol. The van der Waals surface area contributed by atoms with Crippen molar-refractivity contribution in [2.24, 2.45) is 0 Å². The van der Waals surface area contributed by atoms with Crippen LogP contribution < -0.4 is 19.8 Å². The fraction of sp³-hybridized carbons (Fsp3) is 0.276. The first-order valence-electron chi connectivity index (χ1n) is 12.7. The smallest absolute Gasteiger partial charge is 0.453 e. The zero-order chi connectivity index (χ0) is 28.4. The number of fused-ring (bicyclic) bond motifs is 1. The van der Waals surface area contributed by atoms with E-state index < -0.39 is 23.1 Å². The number of halogens is 4. The van der Waals surface area contributed by atoms with E-state index in [0.29, 0.717) is 26.2 Å². The molecule has 1 aliphatic rings. The van der Waals surface area contributed by atoms with Crippen molar-refractivity contribution < 1.29 is 36.6 Å². The second-order valence-corrected chi connectivity index (χ2v) is 9.25. The second-order valence-electron chi connectivity index (χ2n) is 9.25. The predicted molar refractivity (Wildman–Crippen MR) is 141 cm³/mol. The molecule has 11 heteroatoms. The monoisotopic (exact) mass is 558 g/mol. The van der Waals surface area contributed by atoms with Gasteiger partial charge in [-0.25, -0.2) is 4.39 Å². The molecule has 0 radical (unpaired) electrons. The zero-order valence-corrected chi connectivity index (χ0v) is 21.5. The van der Waals surface area contributed by atoms with Crippen molar-refractivity contribution in [3.8, 4) is 23.0 Å². The normalized spacial score (nSPS) is 14.5. The lowest BCUT2D eigenvalue weighted by Gasteiger charge is -2.36. The lowest BCUT2D eigenvalue weighted by molar-refractivity contribution is -0.154. The van der Waals surface area contributed by atoms with Gasteiger partial charge in [-0.1, -0.05) is 12.1 Å². The molecule has 0 unspecified atom stereocenters. The topological polar surface area (TPSA) is 75.4 Å². The van der Waals surface area contributed by atoms with Crippen molar-refractivity contribution in [1.82, 2.24) is 4.90 Å². The minimum absolute atomic E-state index is 0.0496. The number of phenolic OH excluding ortho intramolecular Hbond substituents is 1. The van der Waals surface area contributed by atoms with Gasteiger partial charge in [0.25, 0.3) is 5.76 Å². The molecule has 0 spiro atoms. The summed E-state index contributed by atoms with van der Waals surface area (Å²) in [4.78, 5) is 17.4. The van der Waals surface area contributed by atoms with Crippen molar-refractivity contribution in [2.45, 2.75) is 19.6 Å². The van der Waals surface area contributed by atoms with Crippen molar-refractivity contribution in [1.29, 1.82) is 0 Å². The largest absolute Gasteiger partial charge is 0.507 e. The number of nitrogens with zero attached hydrogens (tertiary/aromatic N) is 2. The molecule has 0 saturated carbocycles. The van der Waals surface area contributed by atoms with Gasteiger partial charge < -0.3 is 23.9 Å². The fourth-order valence-electron chi connectivity index (χ4n) is 4.68. The Balaban J connectivity index is 1.48. The third kappa shape index (κ3) is 5.55. The average Bonchev–Trinajstić information content (AvgIpc) is 2.93. The number of alkyl halides is 3. The van der Waals surface area contributed by atoms with Crippen LogP contribution in [0.2, 0.25) is 0 Å². The molecule has 7 nitrogen and oxygen atoms in total. The molecular weight excluding hydrogens is 532 g/mol. The van der Waals surface area contributed by atoms with Crippen LogP contribution in [0, 0.1) is 5.82 Å². The van der Waals surface area contributed by atoms with E-state index in [1.165, 1.54) is 36.4 Å². The molecular formula is C29H26F4N2O5. The van der Waals surface area contributed by atoms with Crippen LogP contribution in [0.1, 0.15) is 18.2 Å². The Morgan fingerprint density at radius 2 is 1.62 bits per heavy atom. The summed E-state index contributed by atoms with van der Waals surface area (Å²) in [5, 5.41) is 10.5. The number of ether oxygens (including phenoxy) is 2. The number of hydrogen-bond acceptors (Lipinski definition) is 7. The van der Waals surface area contributed by atoms with Gasteiger partial charge in [-0.15, -0.1) is 0 Å². The summed E-state index contributed by atoms with van der Waals surface area (Å²) < 4.78 is 72.1. The zero-order valence-electron chi connectivity index (χ0n) is 21.5.